The Hall–Kier alpha value is -0.330. The zero-order valence-electron chi connectivity index (χ0n) is 6.96. The van der Waals surface area contributed by atoms with Crippen molar-refractivity contribution in [2.75, 3.05) is 0 Å². The first-order valence-electron chi connectivity index (χ1n) is 4.82. The van der Waals surface area contributed by atoms with Gasteiger partial charge in [0, 0.05) is 6.42 Å². The van der Waals surface area contributed by atoms with Gasteiger partial charge in [-0.05, 0) is 37.0 Å². The molecule has 62 valence electrons. The lowest BCUT2D eigenvalue weighted by molar-refractivity contribution is -0.108. The largest absolute Gasteiger partial charge is 0.303 e. The lowest BCUT2D eigenvalue weighted by Gasteiger charge is -2.25. The van der Waals surface area contributed by atoms with Gasteiger partial charge < -0.3 is 4.79 Å². The summed E-state index contributed by atoms with van der Waals surface area (Å²) in [5.74, 6) is 2.72. The molecule has 0 aromatic rings. The van der Waals surface area contributed by atoms with Gasteiger partial charge in [0.2, 0.25) is 0 Å². The number of carbonyl (C=O) groups is 1. The highest BCUT2D eigenvalue weighted by Crippen LogP contribution is 2.45. The summed E-state index contributed by atoms with van der Waals surface area (Å²) in [7, 11) is 0. The van der Waals surface area contributed by atoms with E-state index in [9.17, 15) is 4.79 Å². The van der Waals surface area contributed by atoms with E-state index in [0.717, 1.165) is 30.5 Å². The van der Waals surface area contributed by atoms with Crippen LogP contribution in [0.3, 0.4) is 0 Å². The number of rotatable bonds is 2. The van der Waals surface area contributed by atoms with Crippen LogP contribution in [0.25, 0.3) is 0 Å². The summed E-state index contributed by atoms with van der Waals surface area (Å²) >= 11 is 0. The molecule has 0 aromatic heterocycles. The zero-order valence-corrected chi connectivity index (χ0v) is 6.96. The van der Waals surface area contributed by atoms with Crippen molar-refractivity contribution in [3.8, 4) is 0 Å². The third-order valence-corrected chi connectivity index (χ3v) is 3.41. The predicted molar refractivity (Wildman–Crippen MR) is 44.2 cm³/mol. The van der Waals surface area contributed by atoms with Crippen LogP contribution in [-0.4, -0.2) is 6.29 Å². The van der Waals surface area contributed by atoms with Gasteiger partial charge in [-0.3, -0.25) is 0 Å². The standard InChI is InChI=1S/C10H16O/c11-4-3-10-6-8-1-2-9(5-8)7-10/h4,8-10H,1-3,5-7H2/t8-,9+,10?. The molecule has 0 N–H and O–H groups in total. The quantitative estimate of drug-likeness (QED) is 0.555. The maximum absolute atomic E-state index is 10.3. The van der Waals surface area contributed by atoms with E-state index in [1.165, 1.54) is 32.1 Å². The molecule has 11 heavy (non-hydrogen) atoms. The van der Waals surface area contributed by atoms with Crippen molar-refractivity contribution in [1.29, 1.82) is 0 Å². The topological polar surface area (TPSA) is 17.1 Å². The first-order chi connectivity index (χ1) is 5.38. The molecule has 1 heteroatoms. The van der Waals surface area contributed by atoms with E-state index < -0.39 is 0 Å². The van der Waals surface area contributed by atoms with Crippen molar-refractivity contribution in [3.05, 3.63) is 0 Å². The summed E-state index contributed by atoms with van der Waals surface area (Å²) in [5.41, 5.74) is 0. The smallest absolute Gasteiger partial charge is 0.120 e. The van der Waals surface area contributed by atoms with Crippen LogP contribution in [0, 0.1) is 17.8 Å². The number of aldehydes is 1. The lowest BCUT2D eigenvalue weighted by Crippen LogP contribution is -2.15. The van der Waals surface area contributed by atoms with Gasteiger partial charge in [-0.1, -0.05) is 12.8 Å². The van der Waals surface area contributed by atoms with Crippen molar-refractivity contribution in [3.63, 3.8) is 0 Å². The second kappa shape index (κ2) is 2.96. The minimum absolute atomic E-state index is 0.749. The maximum atomic E-state index is 10.3. The molecule has 0 aromatic carbocycles. The third kappa shape index (κ3) is 1.47. The maximum Gasteiger partial charge on any atom is 0.120 e. The third-order valence-electron chi connectivity index (χ3n) is 3.41. The van der Waals surface area contributed by atoms with E-state index in [1.807, 2.05) is 0 Å². The Morgan fingerprint density at radius 3 is 2.27 bits per heavy atom. The molecule has 2 bridgehead atoms. The van der Waals surface area contributed by atoms with Crippen molar-refractivity contribution in [1.82, 2.24) is 0 Å². The van der Waals surface area contributed by atoms with Crippen LogP contribution in [-0.2, 0) is 4.79 Å². The molecule has 2 fully saturated rings. The van der Waals surface area contributed by atoms with Gasteiger partial charge in [0.25, 0.3) is 0 Å². The van der Waals surface area contributed by atoms with Gasteiger partial charge in [-0.15, -0.1) is 0 Å². The molecule has 2 aliphatic carbocycles. The van der Waals surface area contributed by atoms with Gasteiger partial charge in [0.1, 0.15) is 6.29 Å². The fourth-order valence-corrected chi connectivity index (χ4v) is 2.97. The minimum atomic E-state index is 0.749. The number of carbonyl (C=O) groups excluding carboxylic acids is 1. The number of fused-ring (bicyclic) bond motifs is 2. The van der Waals surface area contributed by atoms with Crippen molar-refractivity contribution in [2.24, 2.45) is 17.8 Å². The summed E-state index contributed by atoms with van der Waals surface area (Å²) < 4.78 is 0. The van der Waals surface area contributed by atoms with Crippen molar-refractivity contribution in [2.45, 2.75) is 38.5 Å². The average Bonchev–Trinajstić information content (AvgIpc) is 2.32. The average molecular weight is 152 g/mol. The molecule has 0 spiro atoms. The Balaban J connectivity index is 1.91. The first-order valence-corrected chi connectivity index (χ1v) is 4.82. The molecule has 0 amide bonds. The molecular formula is C10H16O. The summed E-state index contributed by atoms with van der Waals surface area (Å²) in [6.07, 6.45) is 8.97. The fraction of sp³-hybridized carbons (Fsp3) is 0.900. The molecule has 2 rings (SSSR count). The summed E-state index contributed by atoms with van der Waals surface area (Å²) in [6.45, 7) is 0. The second-order valence-electron chi connectivity index (χ2n) is 4.28. The van der Waals surface area contributed by atoms with Crippen LogP contribution < -0.4 is 0 Å². The van der Waals surface area contributed by atoms with Gasteiger partial charge >= 0.3 is 0 Å². The van der Waals surface area contributed by atoms with E-state index >= 15 is 0 Å². The molecule has 0 radical (unpaired) electrons. The lowest BCUT2D eigenvalue weighted by atomic mass is 9.80. The SMILES string of the molecule is O=CCC1C[C@H]2CC[C@@H](C1)C2. The van der Waals surface area contributed by atoms with Crippen LogP contribution in [0.15, 0.2) is 0 Å². The van der Waals surface area contributed by atoms with Crippen LogP contribution in [0.4, 0.5) is 0 Å². The van der Waals surface area contributed by atoms with Crippen LogP contribution in [0.5, 0.6) is 0 Å². The van der Waals surface area contributed by atoms with Gasteiger partial charge in [0.05, 0.1) is 0 Å². The summed E-state index contributed by atoms with van der Waals surface area (Å²) in [6, 6.07) is 0. The number of hydrogen-bond donors (Lipinski definition) is 0. The Bertz CT molecular complexity index is 141. The number of hydrogen-bond acceptors (Lipinski definition) is 1. The van der Waals surface area contributed by atoms with Crippen molar-refractivity contribution >= 4 is 6.29 Å². The highest BCUT2D eigenvalue weighted by Gasteiger charge is 2.33. The Morgan fingerprint density at radius 1 is 1.09 bits per heavy atom. The predicted octanol–water partition coefficient (Wildman–Crippen LogP) is 2.40. The van der Waals surface area contributed by atoms with E-state index in [1.54, 1.807) is 0 Å². The summed E-state index contributed by atoms with van der Waals surface area (Å²) in [4.78, 5) is 10.3. The van der Waals surface area contributed by atoms with Crippen molar-refractivity contribution < 1.29 is 4.79 Å². The van der Waals surface area contributed by atoms with E-state index in [2.05, 4.69) is 0 Å². The second-order valence-corrected chi connectivity index (χ2v) is 4.28. The fourth-order valence-electron chi connectivity index (χ4n) is 2.97. The molecule has 2 saturated carbocycles. The zero-order chi connectivity index (χ0) is 7.68. The van der Waals surface area contributed by atoms with E-state index in [4.69, 9.17) is 0 Å². The van der Waals surface area contributed by atoms with Gasteiger partial charge in [-0.25, -0.2) is 0 Å². The summed E-state index contributed by atoms with van der Waals surface area (Å²) in [5, 5.41) is 0. The highest BCUT2D eigenvalue weighted by molar-refractivity contribution is 5.49. The van der Waals surface area contributed by atoms with Crippen LogP contribution >= 0.6 is 0 Å². The van der Waals surface area contributed by atoms with Gasteiger partial charge in [-0.2, -0.15) is 0 Å². The van der Waals surface area contributed by atoms with E-state index in [0.29, 0.717) is 0 Å². The van der Waals surface area contributed by atoms with Crippen LogP contribution in [0.1, 0.15) is 38.5 Å². The monoisotopic (exact) mass is 152 g/mol. The van der Waals surface area contributed by atoms with Crippen LogP contribution in [0.2, 0.25) is 0 Å². The molecule has 0 saturated heterocycles. The molecule has 0 heterocycles. The molecule has 3 atom stereocenters. The molecular weight excluding hydrogens is 136 g/mol. The van der Waals surface area contributed by atoms with Gasteiger partial charge in [0.15, 0.2) is 0 Å². The minimum Gasteiger partial charge on any atom is -0.303 e. The molecule has 2 aliphatic rings. The molecule has 1 unspecified atom stereocenters. The molecule has 0 aliphatic heterocycles. The highest BCUT2D eigenvalue weighted by atomic mass is 16.1. The van der Waals surface area contributed by atoms with E-state index in [-0.39, 0.29) is 0 Å². The Morgan fingerprint density at radius 2 is 1.73 bits per heavy atom. The first kappa shape index (κ1) is 7.33. The normalized spacial score (nSPS) is 42.4. The Labute approximate surface area is 68.2 Å². The Kier molecular flexibility index (Phi) is 1.97. The molecule has 1 nitrogen and oxygen atoms in total.